The molecule has 1 saturated heterocycles. The van der Waals surface area contributed by atoms with Crippen molar-refractivity contribution in [1.29, 1.82) is 0 Å². The zero-order valence-corrected chi connectivity index (χ0v) is 10.5. The molecule has 0 aliphatic carbocycles. The van der Waals surface area contributed by atoms with Crippen LogP contribution < -0.4 is 5.73 Å². The molecule has 0 saturated carbocycles. The number of hydrogen-bond acceptors (Lipinski definition) is 4. The molecule has 17 heavy (non-hydrogen) atoms. The summed E-state index contributed by atoms with van der Waals surface area (Å²) in [6.07, 6.45) is 7.46. The number of nitrogens with zero attached hydrogens (tertiary/aromatic N) is 1. The first-order valence-corrected chi connectivity index (χ1v) is 6.35. The van der Waals surface area contributed by atoms with E-state index in [0.29, 0.717) is 12.6 Å². The maximum Gasteiger partial charge on any atom is 0.0950 e. The Morgan fingerprint density at radius 2 is 2.41 bits per heavy atom. The van der Waals surface area contributed by atoms with Gasteiger partial charge in [0.25, 0.3) is 0 Å². The Morgan fingerprint density at radius 1 is 1.53 bits per heavy atom. The van der Waals surface area contributed by atoms with Crippen LogP contribution in [0.1, 0.15) is 30.9 Å². The van der Waals surface area contributed by atoms with Gasteiger partial charge in [-0.05, 0) is 32.4 Å². The Labute approximate surface area is 103 Å². The highest BCUT2D eigenvalue weighted by Gasteiger charge is 2.21. The van der Waals surface area contributed by atoms with Crippen molar-refractivity contribution in [2.75, 3.05) is 26.7 Å². The fraction of sp³-hybridized carbons (Fsp3) is 0.692. The van der Waals surface area contributed by atoms with Crippen molar-refractivity contribution in [1.82, 2.24) is 4.90 Å². The molecule has 0 spiro atoms. The lowest BCUT2D eigenvalue weighted by molar-refractivity contribution is -0.00781. The molecule has 0 bridgehead atoms. The average Bonchev–Trinajstić information content (AvgIpc) is 2.85. The van der Waals surface area contributed by atoms with E-state index in [0.717, 1.165) is 25.1 Å². The molecule has 0 radical (unpaired) electrons. The summed E-state index contributed by atoms with van der Waals surface area (Å²) in [5, 5.41) is 0. The molecule has 4 nitrogen and oxygen atoms in total. The van der Waals surface area contributed by atoms with E-state index >= 15 is 0 Å². The van der Waals surface area contributed by atoms with Crippen molar-refractivity contribution in [2.24, 2.45) is 5.73 Å². The van der Waals surface area contributed by atoms with Gasteiger partial charge >= 0.3 is 0 Å². The molecule has 2 atom stereocenters. The Balaban J connectivity index is 1.90. The smallest absolute Gasteiger partial charge is 0.0950 e. The molecule has 0 aromatic carbocycles. The van der Waals surface area contributed by atoms with E-state index in [1.54, 1.807) is 12.5 Å². The predicted octanol–water partition coefficient (Wildman–Crippen LogP) is 1.78. The van der Waals surface area contributed by atoms with Crippen molar-refractivity contribution in [3.05, 3.63) is 24.2 Å². The van der Waals surface area contributed by atoms with Crippen molar-refractivity contribution in [2.45, 2.75) is 31.4 Å². The number of rotatable bonds is 5. The van der Waals surface area contributed by atoms with Crippen LogP contribution in [0.5, 0.6) is 0 Å². The van der Waals surface area contributed by atoms with E-state index in [1.807, 2.05) is 6.07 Å². The van der Waals surface area contributed by atoms with Gasteiger partial charge in [-0.15, -0.1) is 0 Å². The topological polar surface area (TPSA) is 51.6 Å². The van der Waals surface area contributed by atoms with Gasteiger partial charge in [0.2, 0.25) is 0 Å². The Morgan fingerprint density at radius 3 is 3.00 bits per heavy atom. The highest BCUT2D eigenvalue weighted by atomic mass is 16.5. The molecule has 1 aliphatic heterocycles. The maximum atomic E-state index is 5.85. The standard InChI is InChI=1S/C13H22N2O2/c1-15(9-12-4-2-3-6-17-12)13(8-14)11-5-7-16-10-11/h5,7,10,12-13H,2-4,6,8-9,14H2,1H3. The van der Waals surface area contributed by atoms with Gasteiger partial charge in [0.05, 0.1) is 18.6 Å². The average molecular weight is 238 g/mol. The number of furan rings is 1. The maximum absolute atomic E-state index is 5.85. The van der Waals surface area contributed by atoms with Crippen molar-refractivity contribution < 1.29 is 9.15 Å². The molecule has 96 valence electrons. The summed E-state index contributed by atoms with van der Waals surface area (Å²) in [7, 11) is 2.10. The SMILES string of the molecule is CN(CC1CCCCO1)C(CN)c1ccoc1. The van der Waals surface area contributed by atoms with E-state index in [4.69, 9.17) is 14.9 Å². The van der Waals surface area contributed by atoms with Crippen LogP contribution >= 0.6 is 0 Å². The van der Waals surface area contributed by atoms with Crippen LogP contribution in [0.25, 0.3) is 0 Å². The summed E-state index contributed by atoms with van der Waals surface area (Å²) < 4.78 is 10.9. The van der Waals surface area contributed by atoms with Crippen LogP contribution in [0.3, 0.4) is 0 Å². The highest BCUT2D eigenvalue weighted by Crippen LogP contribution is 2.21. The van der Waals surface area contributed by atoms with Crippen LogP contribution in [0, 0.1) is 0 Å². The Hall–Kier alpha value is -0.840. The quantitative estimate of drug-likeness (QED) is 0.849. The second-order valence-electron chi connectivity index (χ2n) is 4.74. The number of ether oxygens (including phenoxy) is 1. The molecular formula is C13H22N2O2. The van der Waals surface area contributed by atoms with Gasteiger partial charge in [-0.1, -0.05) is 0 Å². The van der Waals surface area contributed by atoms with Crippen LogP contribution in [-0.2, 0) is 4.74 Å². The normalized spacial score (nSPS) is 22.9. The summed E-state index contributed by atoms with van der Waals surface area (Å²) in [5.41, 5.74) is 6.99. The number of nitrogens with two attached hydrogens (primary N) is 1. The van der Waals surface area contributed by atoms with Crippen molar-refractivity contribution in [3.63, 3.8) is 0 Å². The van der Waals surface area contributed by atoms with Crippen molar-refractivity contribution in [3.8, 4) is 0 Å². The summed E-state index contributed by atoms with van der Waals surface area (Å²) in [6.45, 7) is 2.44. The van der Waals surface area contributed by atoms with Gasteiger partial charge < -0.3 is 14.9 Å². The largest absolute Gasteiger partial charge is 0.472 e. The van der Waals surface area contributed by atoms with Gasteiger partial charge in [0.15, 0.2) is 0 Å². The van der Waals surface area contributed by atoms with Gasteiger partial charge in [-0.25, -0.2) is 0 Å². The van der Waals surface area contributed by atoms with E-state index in [1.165, 1.54) is 12.8 Å². The fourth-order valence-corrected chi connectivity index (χ4v) is 2.43. The summed E-state index contributed by atoms with van der Waals surface area (Å²) in [5.74, 6) is 0. The molecular weight excluding hydrogens is 216 g/mol. The van der Waals surface area contributed by atoms with Crippen LogP contribution in [0.4, 0.5) is 0 Å². The van der Waals surface area contributed by atoms with E-state index in [-0.39, 0.29) is 6.04 Å². The Kier molecular flexibility index (Phi) is 4.59. The zero-order valence-electron chi connectivity index (χ0n) is 10.5. The zero-order chi connectivity index (χ0) is 12.1. The summed E-state index contributed by atoms with van der Waals surface area (Å²) >= 11 is 0. The van der Waals surface area contributed by atoms with Crippen LogP contribution in [-0.4, -0.2) is 37.7 Å². The highest BCUT2D eigenvalue weighted by molar-refractivity contribution is 5.12. The monoisotopic (exact) mass is 238 g/mol. The fourth-order valence-electron chi connectivity index (χ4n) is 2.43. The van der Waals surface area contributed by atoms with Gasteiger partial charge in [0, 0.05) is 31.3 Å². The van der Waals surface area contributed by atoms with Crippen molar-refractivity contribution >= 4 is 0 Å². The van der Waals surface area contributed by atoms with Gasteiger partial charge in [0.1, 0.15) is 0 Å². The molecule has 1 fully saturated rings. The third-order valence-corrected chi connectivity index (χ3v) is 3.45. The first-order valence-electron chi connectivity index (χ1n) is 6.35. The molecule has 1 aromatic heterocycles. The predicted molar refractivity (Wildman–Crippen MR) is 66.7 cm³/mol. The molecule has 0 amide bonds. The molecule has 2 rings (SSSR count). The first-order chi connectivity index (χ1) is 8.31. The summed E-state index contributed by atoms with van der Waals surface area (Å²) in [6, 6.07) is 2.20. The van der Waals surface area contributed by atoms with E-state index in [9.17, 15) is 0 Å². The minimum absolute atomic E-state index is 0.222. The third-order valence-electron chi connectivity index (χ3n) is 3.45. The number of hydrogen-bond donors (Lipinski definition) is 1. The molecule has 1 aliphatic rings. The lowest BCUT2D eigenvalue weighted by Crippen LogP contribution is -2.38. The van der Waals surface area contributed by atoms with Gasteiger partial charge in [-0.3, -0.25) is 4.90 Å². The van der Waals surface area contributed by atoms with Gasteiger partial charge in [-0.2, -0.15) is 0 Å². The van der Waals surface area contributed by atoms with E-state index < -0.39 is 0 Å². The molecule has 1 aromatic rings. The molecule has 4 heteroatoms. The third kappa shape index (κ3) is 3.31. The van der Waals surface area contributed by atoms with Crippen LogP contribution in [0.2, 0.25) is 0 Å². The summed E-state index contributed by atoms with van der Waals surface area (Å²) in [4.78, 5) is 2.26. The molecule has 2 N–H and O–H groups in total. The Bertz CT molecular complexity index is 307. The lowest BCUT2D eigenvalue weighted by atomic mass is 10.1. The molecule has 2 unspecified atom stereocenters. The first kappa shape index (κ1) is 12.6. The minimum Gasteiger partial charge on any atom is -0.472 e. The van der Waals surface area contributed by atoms with Crippen LogP contribution in [0.15, 0.2) is 23.0 Å². The minimum atomic E-state index is 0.222. The van der Waals surface area contributed by atoms with E-state index in [2.05, 4.69) is 11.9 Å². The second kappa shape index (κ2) is 6.19. The lowest BCUT2D eigenvalue weighted by Gasteiger charge is -2.31. The number of likely N-dealkylation sites (N-methyl/N-ethyl adjacent to an activating group) is 1. The molecule has 2 heterocycles. The second-order valence-corrected chi connectivity index (χ2v) is 4.74.